The maximum Gasteiger partial charge on any atom is 0.118 e. The summed E-state index contributed by atoms with van der Waals surface area (Å²) in [6, 6.07) is 8.42. The van der Waals surface area contributed by atoms with Gasteiger partial charge in [0, 0.05) is 13.1 Å². The highest BCUT2D eigenvalue weighted by molar-refractivity contribution is 5.29. The normalized spacial score (nSPS) is 18.6. The fourth-order valence-corrected chi connectivity index (χ4v) is 2.30. The van der Waals surface area contributed by atoms with E-state index in [0.717, 1.165) is 38.6 Å². The molecule has 1 fully saturated rings. The van der Waals surface area contributed by atoms with Crippen LogP contribution in [-0.4, -0.2) is 44.9 Å². The van der Waals surface area contributed by atoms with Crippen LogP contribution in [0.25, 0.3) is 0 Å². The van der Waals surface area contributed by atoms with E-state index in [4.69, 9.17) is 9.47 Å². The molecule has 0 spiro atoms. The number of benzene rings is 1. The fraction of sp³-hybridized carbons (Fsp3) is 0.600. The van der Waals surface area contributed by atoms with E-state index in [1.165, 1.54) is 12.0 Å². The van der Waals surface area contributed by atoms with Gasteiger partial charge in [0.1, 0.15) is 5.75 Å². The summed E-state index contributed by atoms with van der Waals surface area (Å²) in [5, 5.41) is 0. The first-order chi connectivity index (χ1) is 8.79. The van der Waals surface area contributed by atoms with Crippen LogP contribution in [0.3, 0.4) is 0 Å². The molecule has 2 rings (SSSR count). The van der Waals surface area contributed by atoms with Crippen LogP contribution >= 0.6 is 0 Å². The molecule has 1 aromatic carbocycles. The Bertz CT molecular complexity index is 344. The van der Waals surface area contributed by atoms with Gasteiger partial charge in [-0.1, -0.05) is 19.1 Å². The monoisotopic (exact) mass is 249 g/mol. The number of ether oxygens (including phenoxy) is 2. The topological polar surface area (TPSA) is 21.7 Å². The predicted molar refractivity (Wildman–Crippen MR) is 73.3 cm³/mol. The van der Waals surface area contributed by atoms with Crippen LogP contribution < -0.4 is 4.74 Å². The van der Waals surface area contributed by atoms with Crippen LogP contribution in [0.1, 0.15) is 24.8 Å². The van der Waals surface area contributed by atoms with Crippen LogP contribution in [-0.2, 0) is 4.74 Å². The van der Waals surface area contributed by atoms with Crippen molar-refractivity contribution < 1.29 is 9.47 Å². The third kappa shape index (κ3) is 3.72. The Morgan fingerprint density at radius 1 is 1.22 bits per heavy atom. The van der Waals surface area contributed by atoms with Gasteiger partial charge < -0.3 is 9.47 Å². The van der Waals surface area contributed by atoms with E-state index in [2.05, 4.69) is 24.0 Å². The number of methoxy groups -OCH3 is 1. The zero-order valence-electron chi connectivity index (χ0n) is 11.4. The molecule has 1 atom stereocenters. The average Bonchev–Trinajstić information content (AvgIpc) is 2.46. The maximum atomic E-state index is 5.36. The summed E-state index contributed by atoms with van der Waals surface area (Å²) >= 11 is 0. The van der Waals surface area contributed by atoms with Gasteiger partial charge in [0.25, 0.3) is 0 Å². The Hall–Kier alpha value is -1.06. The fourth-order valence-electron chi connectivity index (χ4n) is 2.30. The number of morpholine rings is 1. The summed E-state index contributed by atoms with van der Waals surface area (Å²) in [7, 11) is 1.71. The Morgan fingerprint density at radius 3 is 2.50 bits per heavy atom. The maximum absolute atomic E-state index is 5.36. The highest BCUT2D eigenvalue weighted by Gasteiger charge is 2.12. The van der Waals surface area contributed by atoms with Crippen LogP contribution in [0, 0.1) is 0 Å². The molecule has 0 saturated carbocycles. The minimum Gasteiger partial charge on any atom is -0.497 e. The molecule has 3 heteroatoms. The molecule has 0 bridgehead atoms. The number of rotatable bonds is 5. The van der Waals surface area contributed by atoms with Crippen molar-refractivity contribution in [3.63, 3.8) is 0 Å². The number of nitrogens with zero attached hydrogens (tertiary/aromatic N) is 1. The second-order valence-electron chi connectivity index (χ2n) is 4.92. The van der Waals surface area contributed by atoms with Crippen molar-refractivity contribution in [3.05, 3.63) is 29.8 Å². The molecule has 0 N–H and O–H groups in total. The molecule has 0 aromatic heterocycles. The first-order valence-electron chi connectivity index (χ1n) is 6.73. The van der Waals surface area contributed by atoms with E-state index in [9.17, 15) is 0 Å². The lowest BCUT2D eigenvalue weighted by Gasteiger charge is -2.27. The Labute approximate surface area is 110 Å². The van der Waals surface area contributed by atoms with Crippen molar-refractivity contribution in [2.24, 2.45) is 0 Å². The van der Waals surface area contributed by atoms with Crippen LogP contribution in [0.2, 0.25) is 0 Å². The highest BCUT2D eigenvalue weighted by atomic mass is 16.5. The lowest BCUT2D eigenvalue weighted by Crippen LogP contribution is -2.37. The Morgan fingerprint density at radius 2 is 1.89 bits per heavy atom. The molecule has 18 heavy (non-hydrogen) atoms. The van der Waals surface area contributed by atoms with Gasteiger partial charge in [0.2, 0.25) is 0 Å². The van der Waals surface area contributed by atoms with Gasteiger partial charge in [-0.2, -0.15) is 0 Å². The van der Waals surface area contributed by atoms with Crippen LogP contribution in [0.15, 0.2) is 24.3 Å². The van der Waals surface area contributed by atoms with E-state index in [1.807, 2.05) is 12.1 Å². The van der Waals surface area contributed by atoms with E-state index in [1.54, 1.807) is 7.11 Å². The summed E-state index contributed by atoms with van der Waals surface area (Å²) in [5.41, 5.74) is 1.39. The summed E-state index contributed by atoms with van der Waals surface area (Å²) in [5.74, 6) is 1.53. The average molecular weight is 249 g/mol. The number of hydrogen-bond donors (Lipinski definition) is 0. The third-order valence-corrected chi connectivity index (χ3v) is 3.67. The standard InChI is InChI=1S/C15H23NO2/c1-13(7-8-16-9-11-18-12-10-16)14-3-5-15(17-2)6-4-14/h3-6,13H,7-12H2,1-2H3. The molecule has 1 saturated heterocycles. The SMILES string of the molecule is COc1ccc(C(C)CCN2CCOCC2)cc1. The highest BCUT2D eigenvalue weighted by Crippen LogP contribution is 2.22. The third-order valence-electron chi connectivity index (χ3n) is 3.67. The summed E-state index contributed by atoms with van der Waals surface area (Å²) < 4.78 is 10.5. The molecule has 0 radical (unpaired) electrons. The van der Waals surface area contributed by atoms with E-state index < -0.39 is 0 Å². The molecule has 0 amide bonds. The summed E-state index contributed by atoms with van der Waals surface area (Å²) in [4.78, 5) is 2.49. The molecule has 100 valence electrons. The molecule has 1 aliphatic heterocycles. The minimum atomic E-state index is 0.596. The molecule has 1 heterocycles. The van der Waals surface area contributed by atoms with Crippen molar-refractivity contribution in [1.82, 2.24) is 4.90 Å². The quantitative estimate of drug-likeness (QED) is 0.800. The molecular weight excluding hydrogens is 226 g/mol. The van der Waals surface area contributed by atoms with Crippen molar-refractivity contribution in [2.75, 3.05) is 40.0 Å². The van der Waals surface area contributed by atoms with Gasteiger partial charge in [0.05, 0.1) is 20.3 Å². The van der Waals surface area contributed by atoms with Gasteiger partial charge >= 0.3 is 0 Å². The van der Waals surface area contributed by atoms with Crippen LogP contribution in [0.5, 0.6) is 5.75 Å². The predicted octanol–water partition coefficient (Wildman–Crippen LogP) is 2.52. The number of hydrogen-bond acceptors (Lipinski definition) is 3. The molecule has 0 aliphatic carbocycles. The lowest BCUT2D eigenvalue weighted by atomic mass is 9.97. The van der Waals surface area contributed by atoms with Gasteiger partial charge in [-0.05, 0) is 36.6 Å². The van der Waals surface area contributed by atoms with Crippen molar-refractivity contribution >= 4 is 0 Å². The molecule has 1 aromatic rings. The Kier molecular flexibility index (Phi) is 5.02. The second kappa shape index (κ2) is 6.76. The lowest BCUT2D eigenvalue weighted by molar-refractivity contribution is 0.0367. The molecule has 3 nitrogen and oxygen atoms in total. The molecule has 1 aliphatic rings. The first-order valence-corrected chi connectivity index (χ1v) is 6.73. The van der Waals surface area contributed by atoms with Gasteiger partial charge in [-0.15, -0.1) is 0 Å². The van der Waals surface area contributed by atoms with Crippen molar-refractivity contribution in [3.8, 4) is 5.75 Å². The van der Waals surface area contributed by atoms with Crippen molar-refractivity contribution in [1.29, 1.82) is 0 Å². The largest absolute Gasteiger partial charge is 0.497 e. The minimum absolute atomic E-state index is 0.596. The molecular formula is C15H23NO2. The van der Waals surface area contributed by atoms with Crippen LogP contribution in [0.4, 0.5) is 0 Å². The van der Waals surface area contributed by atoms with E-state index in [0.29, 0.717) is 5.92 Å². The smallest absolute Gasteiger partial charge is 0.118 e. The summed E-state index contributed by atoms with van der Waals surface area (Å²) in [6.45, 7) is 7.39. The zero-order chi connectivity index (χ0) is 12.8. The first kappa shape index (κ1) is 13.4. The van der Waals surface area contributed by atoms with Crippen molar-refractivity contribution in [2.45, 2.75) is 19.3 Å². The van der Waals surface area contributed by atoms with Gasteiger partial charge in [-0.25, -0.2) is 0 Å². The van der Waals surface area contributed by atoms with Gasteiger partial charge in [0.15, 0.2) is 0 Å². The zero-order valence-corrected chi connectivity index (χ0v) is 11.4. The summed E-state index contributed by atoms with van der Waals surface area (Å²) in [6.07, 6.45) is 1.20. The second-order valence-corrected chi connectivity index (χ2v) is 4.92. The van der Waals surface area contributed by atoms with E-state index >= 15 is 0 Å². The van der Waals surface area contributed by atoms with E-state index in [-0.39, 0.29) is 0 Å². The van der Waals surface area contributed by atoms with Gasteiger partial charge in [-0.3, -0.25) is 4.90 Å². The Balaban J connectivity index is 1.80. The molecule has 1 unspecified atom stereocenters.